The van der Waals surface area contributed by atoms with E-state index in [1.165, 1.54) is 11.3 Å². The van der Waals surface area contributed by atoms with Gasteiger partial charge in [-0.2, -0.15) is 0 Å². The molecule has 156 valence electrons. The van der Waals surface area contributed by atoms with E-state index in [1.807, 2.05) is 53.4 Å². The Kier molecular flexibility index (Phi) is 5.28. The summed E-state index contributed by atoms with van der Waals surface area (Å²) in [5.74, 6) is 1.37. The molecule has 3 heterocycles. The van der Waals surface area contributed by atoms with Crippen LogP contribution in [0, 0.1) is 0 Å². The summed E-state index contributed by atoms with van der Waals surface area (Å²) < 4.78 is 12.9. The summed E-state index contributed by atoms with van der Waals surface area (Å²) in [4.78, 5) is 20.4. The maximum absolute atomic E-state index is 11.7. The smallest absolute Gasteiger partial charge is 0.279 e. The molecule has 1 N–H and O–H groups in total. The third-order valence-corrected chi connectivity index (χ3v) is 6.67. The number of carbonyl (C=O) groups excluding carboxylic acids is 1. The van der Waals surface area contributed by atoms with Crippen molar-refractivity contribution in [1.82, 2.24) is 14.8 Å². The summed E-state index contributed by atoms with van der Waals surface area (Å²) in [7, 11) is 0. The number of hydrogen-bond donors (Lipinski definition) is 1. The second kappa shape index (κ2) is 8.22. The van der Waals surface area contributed by atoms with Gasteiger partial charge in [0.05, 0.1) is 10.2 Å². The molecule has 2 bridgehead atoms. The summed E-state index contributed by atoms with van der Waals surface area (Å²) in [6.45, 7) is 2.59. The van der Waals surface area contributed by atoms with Crippen molar-refractivity contribution < 1.29 is 19.4 Å². The maximum atomic E-state index is 11.7. The summed E-state index contributed by atoms with van der Waals surface area (Å²) in [5.41, 5.74) is 0.942. The van der Waals surface area contributed by atoms with Crippen molar-refractivity contribution >= 4 is 27.5 Å². The Hall–Kier alpha value is -2.68. The van der Waals surface area contributed by atoms with Crippen LogP contribution in [0.25, 0.3) is 10.2 Å². The van der Waals surface area contributed by atoms with Gasteiger partial charge in [-0.05, 0) is 42.8 Å². The highest BCUT2D eigenvalue weighted by Gasteiger charge is 2.44. The number of ether oxygens (including phenoxy) is 2. The predicted molar refractivity (Wildman–Crippen MR) is 114 cm³/mol. The van der Waals surface area contributed by atoms with Crippen LogP contribution in [0.1, 0.15) is 6.42 Å². The molecule has 2 unspecified atom stereocenters. The van der Waals surface area contributed by atoms with Crippen LogP contribution in [0.3, 0.4) is 0 Å². The number of aliphatic hydroxyl groups excluding tert-OH is 1. The van der Waals surface area contributed by atoms with Crippen LogP contribution in [0.15, 0.2) is 48.5 Å². The Bertz CT molecular complexity index is 1010. The zero-order valence-corrected chi connectivity index (χ0v) is 17.3. The number of hydrogen-bond acceptors (Lipinski definition) is 7. The monoisotopic (exact) mass is 425 g/mol. The van der Waals surface area contributed by atoms with E-state index in [9.17, 15) is 4.79 Å². The van der Waals surface area contributed by atoms with Crippen LogP contribution in [0.2, 0.25) is 0 Å². The first-order chi connectivity index (χ1) is 14.7. The van der Waals surface area contributed by atoms with Crippen LogP contribution in [0.4, 0.5) is 0 Å². The van der Waals surface area contributed by atoms with E-state index in [2.05, 4.69) is 9.88 Å². The first-order valence-corrected chi connectivity index (χ1v) is 10.9. The number of thiazole rings is 1. The summed E-state index contributed by atoms with van der Waals surface area (Å²) in [6.07, 6.45) is 0.990. The van der Waals surface area contributed by atoms with Gasteiger partial charge in [0, 0.05) is 31.7 Å². The fourth-order valence-corrected chi connectivity index (χ4v) is 5.13. The van der Waals surface area contributed by atoms with Gasteiger partial charge in [0.1, 0.15) is 24.7 Å². The van der Waals surface area contributed by atoms with E-state index in [0.717, 1.165) is 41.2 Å². The van der Waals surface area contributed by atoms with Crippen molar-refractivity contribution in [2.75, 3.05) is 32.8 Å². The average Bonchev–Trinajstić information content (AvgIpc) is 3.48. The number of nitrogens with zero attached hydrogens (tertiary/aromatic N) is 3. The van der Waals surface area contributed by atoms with Crippen molar-refractivity contribution in [3.05, 3.63) is 48.5 Å². The maximum Gasteiger partial charge on any atom is 0.279 e. The standard InChI is InChI=1S/C22H23N3O4S/c26-14-21(27)25-13-15-11-16(25)12-24(15)9-10-28-17-5-7-18(8-6-17)29-22-23-19-3-1-2-4-20(19)30-22/h1-8,15-16,26H,9-14H2. The minimum absolute atomic E-state index is 0.161. The topological polar surface area (TPSA) is 75.1 Å². The number of aliphatic hydroxyl groups is 1. The molecule has 8 heteroatoms. The number of para-hydroxylation sites is 1. The lowest BCUT2D eigenvalue weighted by atomic mass is 10.2. The average molecular weight is 426 g/mol. The van der Waals surface area contributed by atoms with Crippen LogP contribution < -0.4 is 9.47 Å². The Morgan fingerprint density at radius 2 is 1.90 bits per heavy atom. The molecule has 0 saturated carbocycles. The molecule has 5 rings (SSSR count). The highest BCUT2D eigenvalue weighted by atomic mass is 32.1. The predicted octanol–water partition coefficient (Wildman–Crippen LogP) is 2.74. The Balaban J connectivity index is 1.10. The number of benzene rings is 2. The first-order valence-electron chi connectivity index (χ1n) is 10.1. The molecule has 2 fully saturated rings. The zero-order valence-electron chi connectivity index (χ0n) is 16.4. The molecule has 2 saturated heterocycles. The van der Waals surface area contributed by atoms with Crippen molar-refractivity contribution in [3.63, 3.8) is 0 Å². The van der Waals surface area contributed by atoms with Crippen LogP contribution >= 0.6 is 11.3 Å². The number of amides is 1. The summed E-state index contributed by atoms with van der Waals surface area (Å²) >= 11 is 1.52. The minimum Gasteiger partial charge on any atom is -0.492 e. The van der Waals surface area contributed by atoms with Crippen molar-refractivity contribution in [3.8, 4) is 16.7 Å². The second-order valence-corrected chi connectivity index (χ2v) is 8.61. The zero-order chi connectivity index (χ0) is 20.5. The molecule has 2 atom stereocenters. The molecule has 0 radical (unpaired) electrons. The second-order valence-electron chi connectivity index (χ2n) is 7.61. The molecule has 0 aliphatic carbocycles. The van der Waals surface area contributed by atoms with Gasteiger partial charge in [-0.25, -0.2) is 4.98 Å². The molecule has 2 aliphatic rings. The Morgan fingerprint density at radius 1 is 1.10 bits per heavy atom. The quantitative estimate of drug-likeness (QED) is 0.627. The number of rotatable bonds is 7. The summed E-state index contributed by atoms with van der Waals surface area (Å²) in [6, 6.07) is 16.2. The van der Waals surface area contributed by atoms with Gasteiger partial charge in [-0.15, -0.1) is 0 Å². The van der Waals surface area contributed by atoms with Gasteiger partial charge < -0.3 is 19.5 Å². The van der Waals surface area contributed by atoms with Gasteiger partial charge in [0.15, 0.2) is 0 Å². The molecular weight excluding hydrogens is 402 g/mol. The van der Waals surface area contributed by atoms with Crippen LogP contribution in [0.5, 0.6) is 16.7 Å². The van der Waals surface area contributed by atoms with E-state index in [0.29, 0.717) is 24.4 Å². The highest BCUT2D eigenvalue weighted by Crippen LogP contribution is 2.32. The largest absolute Gasteiger partial charge is 0.492 e. The lowest BCUT2D eigenvalue weighted by Gasteiger charge is -2.33. The molecular formula is C22H23N3O4S. The fraction of sp³-hybridized carbons (Fsp3) is 0.364. The van der Waals surface area contributed by atoms with E-state index >= 15 is 0 Å². The lowest BCUT2D eigenvalue weighted by molar-refractivity contribution is -0.136. The van der Waals surface area contributed by atoms with Crippen molar-refractivity contribution in [2.24, 2.45) is 0 Å². The van der Waals surface area contributed by atoms with Gasteiger partial charge in [-0.3, -0.25) is 9.69 Å². The lowest BCUT2D eigenvalue weighted by Crippen LogP contribution is -2.50. The molecule has 0 spiro atoms. The number of fused-ring (bicyclic) bond motifs is 3. The number of carbonyl (C=O) groups is 1. The molecule has 3 aromatic rings. The van der Waals surface area contributed by atoms with E-state index < -0.39 is 6.61 Å². The van der Waals surface area contributed by atoms with E-state index in [-0.39, 0.29) is 11.9 Å². The normalized spacial score (nSPS) is 20.8. The number of aromatic nitrogens is 1. The molecule has 7 nitrogen and oxygen atoms in total. The van der Waals surface area contributed by atoms with Crippen molar-refractivity contribution in [1.29, 1.82) is 0 Å². The third-order valence-electron chi connectivity index (χ3n) is 5.76. The van der Waals surface area contributed by atoms with Gasteiger partial charge in [0.2, 0.25) is 5.91 Å². The Labute approximate surface area is 178 Å². The van der Waals surface area contributed by atoms with Crippen molar-refractivity contribution in [2.45, 2.75) is 18.5 Å². The third kappa shape index (κ3) is 3.86. The molecule has 2 aliphatic heterocycles. The highest BCUT2D eigenvalue weighted by molar-refractivity contribution is 7.20. The number of likely N-dealkylation sites (tertiary alicyclic amines) is 2. The minimum atomic E-state index is -0.398. The molecule has 1 amide bonds. The van der Waals surface area contributed by atoms with Crippen LogP contribution in [-0.4, -0.2) is 70.7 Å². The van der Waals surface area contributed by atoms with Gasteiger partial charge >= 0.3 is 0 Å². The van der Waals surface area contributed by atoms with E-state index in [4.69, 9.17) is 14.6 Å². The summed E-state index contributed by atoms with van der Waals surface area (Å²) in [5, 5.41) is 9.68. The fourth-order valence-electron chi connectivity index (χ4n) is 4.30. The van der Waals surface area contributed by atoms with Gasteiger partial charge in [0.25, 0.3) is 5.19 Å². The van der Waals surface area contributed by atoms with Gasteiger partial charge in [-0.1, -0.05) is 23.5 Å². The van der Waals surface area contributed by atoms with Crippen LogP contribution in [-0.2, 0) is 4.79 Å². The first kappa shape index (κ1) is 19.3. The molecule has 30 heavy (non-hydrogen) atoms. The SMILES string of the molecule is O=C(CO)N1CC2CC1CN2CCOc1ccc(Oc2nc3ccccc3s2)cc1. The molecule has 2 aromatic carbocycles. The Morgan fingerprint density at radius 3 is 2.63 bits per heavy atom. The number of piperazine rings is 1. The van der Waals surface area contributed by atoms with E-state index in [1.54, 1.807) is 0 Å². The molecule has 1 aromatic heterocycles.